The summed E-state index contributed by atoms with van der Waals surface area (Å²) in [4.78, 5) is 26.9. The second kappa shape index (κ2) is 8.66. The van der Waals surface area contributed by atoms with Crippen molar-refractivity contribution in [2.75, 3.05) is 26.0 Å². The van der Waals surface area contributed by atoms with Gasteiger partial charge in [-0.1, -0.05) is 6.92 Å². The van der Waals surface area contributed by atoms with Gasteiger partial charge in [-0.25, -0.2) is 9.59 Å². The van der Waals surface area contributed by atoms with Crippen LogP contribution in [-0.4, -0.2) is 54.6 Å². The number of ether oxygens (including phenoxy) is 3. The molecule has 26 heavy (non-hydrogen) atoms. The highest BCUT2D eigenvalue weighted by molar-refractivity contribution is 7.99. The number of nitrogens with zero attached hydrogens (tertiary/aromatic N) is 1. The van der Waals surface area contributed by atoms with Crippen molar-refractivity contribution < 1.29 is 23.8 Å². The van der Waals surface area contributed by atoms with E-state index in [4.69, 9.17) is 14.2 Å². The quantitative estimate of drug-likeness (QED) is 0.568. The average molecular weight is 381 g/mol. The molecule has 6 nitrogen and oxygen atoms in total. The van der Waals surface area contributed by atoms with E-state index in [-0.39, 0.29) is 12.2 Å². The molecule has 1 aromatic rings. The lowest BCUT2D eigenvalue weighted by Gasteiger charge is -2.24. The van der Waals surface area contributed by atoms with Gasteiger partial charge in [0, 0.05) is 17.9 Å². The Balaban J connectivity index is 2.09. The molecule has 0 aromatic heterocycles. The van der Waals surface area contributed by atoms with Gasteiger partial charge in [0.25, 0.3) is 0 Å². The van der Waals surface area contributed by atoms with Gasteiger partial charge in [0.05, 0.1) is 13.7 Å². The van der Waals surface area contributed by atoms with E-state index in [9.17, 15) is 9.59 Å². The highest BCUT2D eigenvalue weighted by atomic mass is 32.2. The van der Waals surface area contributed by atoms with E-state index in [1.807, 2.05) is 32.9 Å². The van der Waals surface area contributed by atoms with Gasteiger partial charge >= 0.3 is 12.1 Å². The normalized spacial score (nSPS) is 17.1. The van der Waals surface area contributed by atoms with Crippen LogP contribution in [0, 0.1) is 0 Å². The van der Waals surface area contributed by atoms with Crippen molar-refractivity contribution in [3.05, 3.63) is 23.8 Å². The summed E-state index contributed by atoms with van der Waals surface area (Å²) in [5.41, 5.74) is -0.136. The Labute approximate surface area is 159 Å². The van der Waals surface area contributed by atoms with E-state index in [0.717, 1.165) is 10.6 Å². The highest BCUT2D eigenvalue weighted by Gasteiger charge is 2.31. The van der Waals surface area contributed by atoms with Crippen LogP contribution in [0.5, 0.6) is 5.75 Å². The average Bonchev–Trinajstić information content (AvgIpc) is 3.02. The van der Waals surface area contributed by atoms with Crippen molar-refractivity contribution in [2.45, 2.75) is 50.7 Å². The monoisotopic (exact) mass is 381 g/mol. The molecule has 1 amide bonds. The highest BCUT2D eigenvalue weighted by Crippen LogP contribution is 2.29. The zero-order chi connectivity index (χ0) is 19.3. The number of thioether (sulfide) groups is 1. The minimum absolute atomic E-state index is 0.187. The van der Waals surface area contributed by atoms with Crippen molar-refractivity contribution >= 4 is 23.8 Å². The standard InChI is InChI=1S/C19H27NO5S/c1-6-26-14-7-8-15(17(21)23-5)16(11-14)24-13-9-10-20(12-13)18(22)25-19(2,3)4/h7-8,11,13H,6,9-10,12H2,1-5H3. The van der Waals surface area contributed by atoms with Crippen LogP contribution < -0.4 is 4.74 Å². The largest absolute Gasteiger partial charge is 0.488 e. The molecule has 0 saturated carbocycles. The lowest BCUT2D eigenvalue weighted by Crippen LogP contribution is -2.36. The Morgan fingerprint density at radius 1 is 1.31 bits per heavy atom. The minimum Gasteiger partial charge on any atom is -0.488 e. The molecule has 0 radical (unpaired) electrons. The smallest absolute Gasteiger partial charge is 0.410 e. The van der Waals surface area contributed by atoms with Gasteiger partial charge in [-0.15, -0.1) is 11.8 Å². The summed E-state index contributed by atoms with van der Waals surface area (Å²) >= 11 is 1.67. The van der Waals surface area contributed by atoms with E-state index in [2.05, 4.69) is 6.92 Å². The van der Waals surface area contributed by atoms with E-state index >= 15 is 0 Å². The first kappa shape index (κ1) is 20.4. The van der Waals surface area contributed by atoms with Gasteiger partial charge in [-0.2, -0.15) is 0 Å². The maximum atomic E-state index is 12.2. The second-order valence-electron chi connectivity index (χ2n) is 7.04. The molecule has 0 bridgehead atoms. The SMILES string of the molecule is CCSc1ccc(C(=O)OC)c(OC2CCN(C(=O)OC(C)(C)C)C2)c1. The van der Waals surface area contributed by atoms with Crippen molar-refractivity contribution in [1.82, 2.24) is 4.90 Å². The summed E-state index contributed by atoms with van der Waals surface area (Å²) in [7, 11) is 1.35. The molecule has 1 aliphatic heterocycles. The van der Waals surface area contributed by atoms with Gasteiger partial charge in [0.15, 0.2) is 0 Å². The molecule has 0 N–H and O–H groups in total. The fraction of sp³-hybridized carbons (Fsp3) is 0.579. The summed E-state index contributed by atoms with van der Waals surface area (Å²) in [6.45, 7) is 8.59. The number of hydrogen-bond acceptors (Lipinski definition) is 6. The van der Waals surface area contributed by atoms with Gasteiger partial charge in [0.2, 0.25) is 0 Å². The number of methoxy groups -OCH3 is 1. The number of rotatable bonds is 5. The van der Waals surface area contributed by atoms with Crippen LogP contribution in [0.4, 0.5) is 4.79 Å². The molecule has 0 spiro atoms. The molecule has 2 rings (SSSR count). The van der Waals surface area contributed by atoms with Crippen LogP contribution in [0.15, 0.2) is 23.1 Å². The molecule has 7 heteroatoms. The third-order valence-corrected chi connectivity index (χ3v) is 4.64. The molecular weight excluding hydrogens is 354 g/mol. The molecule has 1 unspecified atom stereocenters. The summed E-state index contributed by atoms with van der Waals surface area (Å²) in [6, 6.07) is 5.46. The van der Waals surface area contributed by atoms with E-state index in [0.29, 0.717) is 30.8 Å². The van der Waals surface area contributed by atoms with E-state index in [1.165, 1.54) is 7.11 Å². The van der Waals surface area contributed by atoms with Crippen molar-refractivity contribution in [2.24, 2.45) is 0 Å². The Hall–Kier alpha value is -1.89. The summed E-state index contributed by atoms with van der Waals surface area (Å²) in [5.74, 6) is 0.980. The number of benzene rings is 1. The lowest BCUT2D eigenvalue weighted by atomic mass is 10.2. The van der Waals surface area contributed by atoms with Gasteiger partial charge in [0.1, 0.15) is 23.0 Å². The molecule has 1 aromatic carbocycles. The molecule has 144 valence electrons. The predicted molar refractivity (Wildman–Crippen MR) is 101 cm³/mol. The maximum absolute atomic E-state index is 12.2. The van der Waals surface area contributed by atoms with Crippen LogP contribution in [0.25, 0.3) is 0 Å². The van der Waals surface area contributed by atoms with Crippen molar-refractivity contribution in [3.8, 4) is 5.75 Å². The van der Waals surface area contributed by atoms with Crippen LogP contribution in [0.2, 0.25) is 0 Å². The number of esters is 1. The first-order valence-electron chi connectivity index (χ1n) is 8.73. The van der Waals surface area contributed by atoms with Crippen LogP contribution in [-0.2, 0) is 9.47 Å². The first-order chi connectivity index (χ1) is 12.2. The Morgan fingerprint density at radius 3 is 2.65 bits per heavy atom. The number of carbonyl (C=O) groups is 2. The molecule has 1 fully saturated rings. The third kappa shape index (κ3) is 5.56. The number of amides is 1. The Morgan fingerprint density at radius 2 is 2.04 bits per heavy atom. The predicted octanol–water partition coefficient (Wildman–Crippen LogP) is 3.97. The van der Waals surface area contributed by atoms with Crippen LogP contribution >= 0.6 is 11.8 Å². The van der Waals surface area contributed by atoms with E-state index < -0.39 is 11.6 Å². The van der Waals surface area contributed by atoms with Gasteiger partial charge in [-0.3, -0.25) is 0 Å². The van der Waals surface area contributed by atoms with Gasteiger partial charge < -0.3 is 19.1 Å². The molecule has 1 atom stereocenters. The zero-order valence-corrected chi connectivity index (χ0v) is 16.9. The second-order valence-corrected chi connectivity index (χ2v) is 8.37. The lowest BCUT2D eigenvalue weighted by molar-refractivity contribution is 0.0274. The Kier molecular flexibility index (Phi) is 6.81. The van der Waals surface area contributed by atoms with Gasteiger partial charge in [-0.05, 0) is 44.7 Å². The number of hydrogen-bond donors (Lipinski definition) is 0. The molecule has 1 aliphatic rings. The molecule has 0 aliphatic carbocycles. The number of likely N-dealkylation sites (tertiary alicyclic amines) is 1. The zero-order valence-electron chi connectivity index (χ0n) is 16.0. The minimum atomic E-state index is -0.528. The maximum Gasteiger partial charge on any atom is 0.410 e. The summed E-state index contributed by atoms with van der Waals surface area (Å²) in [5, 5.41) is 0. The molecular formula is C19H27NO5S. The Bertz CT molecular complexity index is 656. The molecule has 1 saturated heterocycles. The van der Waals surface area contributed by atoms with E-state index in [1.54, 1.807) is 22.7 Å². The van der Waals surface area contributed by atoms with Crippen molar-refractivity contribution in [3.63, 3.8) is 0 Å². The van der Waals surface area contributed by atoms with Crippen molar-refractivity contribution in [1.29, 1.82) is 0 Å². The third-order valence-electron chi connectivity index (χ3n) is 3.76. The number of carbonyl (C=O) groups excluding carboxylic acids is 2. The first-order valence-corrected chi connectivity index (χ1v) is 9.71. The molecule has 1 heterocycles. The topological polar surface area (TPSA) is 65.1 Å². The fourth-order valence-electron chi connectivity index (χ4n) is 2.63. The fourth-order valence-corrected chi connectivity index (χ4v) is 3.32. The summed E-state index contributed by atoms with van der Waals surface area (Å²) < 4.78 is 16.3. The van der Waals surface area contributed by atoms with Crippen LogP contribution in [0.1, 0.15) is 44.5 Å². The van der Waals surface area contributed by atoms with Crippen LogP contribution in [0.3, 0.4) is 0 Å². The summed E-state index contributed by atoms with van der Waals surface area (Å²) in [6.07, 6.45) is 0.158.